The van der Waals surface area contributed by atoms with Gasteiger partial charge in [0.15, 0.2) is 0 Å². The Bertz CT molecular complexity index is 551. The number of rotatable bonds is 3. The van der Waals surface area contributed by atoms with Crippen molar-refractivity contribution in [3.05, 3.63) is 29.3 Å². The molecule has 0 unspecified atom stereocenters. The monoisotopic (exact) mass is 284 g/mol. The van der Waals surface area contributed by atoms with Crippen LogP contribution in [0.1, 0.15) is 11.1 Å². The van der Waals surface area contributed by atoms with Crippen LogP contribution in [0.15, 0.2) is 23.1 Å². The van der Waals surface area contributed by atoms with Gasteiger partial charge in [0.2, 0.25) is 10.0 Å². The van der Waals surface area contributed by atoms with E-state index in [-0.39, 0.29) is 4.90 Å². The maximum Gasteiger partial charge on any atom is 0.243 e. The van der Waals surface area contributed by atoms with Gasteiger partial charge in [-0.2, -0.15) is 4.31 Å². The lowest BCUT2D eigenvalue weighted by atomic mass is 10.2. The number of nitrogens with one attached hydrogen (secondary N) is 1. The summed E-state index contributed by atoms with van der Waals surface area (Å²) < 4.78 is 26.4. The van der Waals surface area contributed by atoms with E-state index >= 15 is 0 Å². The average molecular weight is 284 g/mol. The summed E-state index contributed by atoms with van der Waals surface area (Å²) >= 11 is 0. The predicted molar refractivity (Wildman–Crippen MR) is 73.5 cm³/mol. The Hall–Kier alpha value is -0.950. The molecule has 2 rings (SSSR count). The molecule has 1 heterocycles. The molecule has 0 radical (unpaired) electrons. The third-order valence-corrected chi connectivity index (χ3v) is 5.35. The van der Waals surface area contributed by atoms with E-state index in [1.807, 2.05) is 19.9 Å². The van der Waals surface area contributed by atoms with E-state index < -0.39 is 22.2 Å². The fourth-order valence-corrected chi connectivity index (χ4v) is 4.02. The van der Waals surface area contributed by atoms with Gasteiger partial charge in [-0.25, -0.2) is 8.42 Å². The van der Waals surface area contributed by atoms with E-state index in [1.165, 1.54) is 11.4 Å². The van der Waals surface area contributed by atoms with Crippen molar-refractivity contribution < 1.29 is 13.5 Å². The molecule has 6 heteroatoms. The molecule has 5 nitrogen and oxygen atoms in total. The van der Waals surface area contributed by atoms with Gasteiger partial charge >= 0.3 is 0 Å². The zero-order valence-corrected chi connectivity index (χ0v) is 12.2. The van der Waals surface area contributed by atoms with Gasteiger partial charge in [-0.3, -0.25) is 0 Å². The van der Waals surface area contributed by atoms with Crippen LogP contribution in [0.3, 0.4) is 0 Å². The Morgan fingerprint density at radius 1 is 1.21 bits per heavy atom. The minimum absolute atomic E-state index is 0.284. The fraction of sp³-hybridized carbons (Fsp3) is 0.538. The molecule has 1 aliphatic rings. The molecule has 0 aromatic heterocycles. The number of aliphatic hydroxyl groups is 1. The lowest BCUT2D eigenvalue weighted by Gasteiger charge is -2.26. The van der Waals surface area contributed by atoms with Crippen molar-refractivity contribution >= 4 is 10.0 Å². The van der Waals surface area contributed by atoms with E-state index in [1.54, 1.807) is 12.1 Å². The first-order valence-electron chi connectivity index (χ1n) is 6.27. The summed E-state index contributed by atoms with van der Waals surface area (Å²) in [6, 6.07) is 4.84. The van der Waals surface area contributed by atoms with Gasteiger partial charge in [0.25, 0.3) is 0 Å². The summed E-state index contributed by atoms with van der Waals surface area (Å²) in [7, 11) is -2.05. The quantitative estimate of drug-likeness (QED) is 0.835. The maximum atomic E-state index is 12.6. The Morgan fingerprint density at radius 3 is 2.26 bits per heavy atom. The molecule has 0 amide bonds. The fourth-order valence-electron chi connectivity index (χ4n) is 2.45. The highest BCUT2D eigenvalue weighted by molar-refractivity contribution is 7.89. The summed E-state index contributed by atoms with van der Waals surface area (Å²) in [5.41, 5.74) is 1.83. The van der Waals surface area contributed by atoms with Crippen LogP contribution >= 0.6 is 0 Å². The second-order valence-corrected chi connectivity index (χ2v) is 7.14. The first-order valence-corrected chi connectivity index (χ1v) is 7.71. The third kappa shape index (κ3) is 2.81. The van der Waals surface area contributed by atoms with Crippen LogP contribution in [-0.2, 0) is 10.0 Å². The first kappa shape index (κ1) is 14.5. The molecular weight excluding hydrogens is 264 g/mol. The number of aliphatic hydroxyl groups excluding tert-OH is 1. The smallest absolute Gasteiger partial charge is 0.243 e. The molecular formula is C13H20N2O3S. The van der Waals surface area contributed by atoms with Crippen LogP contribution in [0.4, 0.5) is 0 Å². The lowest BCUT2D eigenvalue weighted by Crippen LogP contribution is -2.44. The Kier molecular flexibility index (Phi) is 3.96. The normalized spacial score (nSPS) is 24.1. The van der Waals surface area contributed by atoms with Crippen molar-refractivity contribution in [3.63, 3.8) is 0 Å². The van der Waals surface area contributed by atoms with Crippen molar-refractivity contribution in [3.8, 4) is 0 Å². The van der Waals surface area contributed by atoms with E-state index in [0.29, 0.717) is 13.1 Å². The number of hydrogen-bond donors (Lipinski definition) is 2. The number of likely N-dealkylation sites (N-methyl/N-ethyl adjacent to an activating group) is 1. The van der Waals surface area contributed by atoms with Crippen LogP contribution in [0.5, 0.6) is 0 Å². The van der Waals surface area contributed by atoms with Gasteiger partial charge in [-0.05, 0) is 37.1 Å². The molecule has 1 saturated heterocycles. The van der Waals surface area contributed by atoms with E-state index in [9.17, 15) is 13.5 Å². The molecule has 1 aromatic rings. The highest BCUT2D eigenvalue weighted by atomic mass is 32.2. The van der Waals surface area contributed by atoms with Crippen LogP contribution in [0.2, 0.25) is 0 Å². The molecule has 0 bridgehead atoms. The topological polar surface area (TPSA) is 69.6 Å². The summed E-state index contributed by atoms with van der Waals surface area (Å²) in [6.07, 6.45) is -0.661. The molecule has 2 atom stereocenters. The first-order chi connectivity index (χ1) is 8.82. The molecule has 1 fully saturated rings. The highest BCUT2D eigenvalue weighted by Gasteiger charge is 2.35. The van der Waals surface area contributed by atoms with Crippen LogP contribution in [0, 0.1) is 13.8 Å². The largest absolute Gasteiger partial charge is 0.390 e. The number of hydrogen-bond acceptors (Lipinski definition) is 4. The summed E-state index contributed by atoms with van der Waals surface area (Å²) in [6.45, 7) is 4.65. The SMILES string of the molecule is Cc1cc(C)cc(S(=O)(=O)N(C)[C@H]2CNC[C@@H]2O)c1. The Morgan fingerprint density at radius 2 is 1.79 bits per heavy atom. The molecule has 19 heavy (non-hydrogen) atoms. The van der Waals surface area contributed by atoms with Crippen molar-refractivity contribution in [2.24, 2.45) is 0 Å². The minimum Gasteiger partial charge on any atom is -0.390 e. The second-order valence-electron chi connectivity index (χ2n) is 5.14. The van der Waals surface area contributed by atoms with Crippen LogP contribution in [0.25, 0.3) is 0 Å². The van der Waals surface area contributed by atoms with Gasteiger partial charge in [0, 0.05) is 20.1 Å². The number of aryl methyl sites for hydroxylation is 2. The Labute approximate surface area is 114 Å². The molecule has 106 valence electrons. The summed E-state index contributed by atoms with van der Waals surface area (Å²) in [5, 5.41) is 12.8. The summed E-state index contributed by atoms with van der Waals surface area (Å²) in [5.74, 6) is 0. The molecule has 1 aliphatic heterocycles. The predicted octanol–water partition coefficient (Wildman–Crippen LogP) is 0.257. The number of nitrogens with zero attached hydrogens (tertiary/aromatic N) is 1. The highest BCUT2D eigenvalue weighted by Crippen LogP contribution is 2.21. The molecule has 0 spiro atoms. The van der Waals surface area contributed by atoms with Gasteiger partial charge in [-0.1, -0.05) is 6.07 Å². The van der Waals surface area contributed by atoms with Gasteiger partial charge in [0.05, 0.1) is 17.0 Å². The number of sulfonamides is 1. The average Bonchev–Trinajstić information content (AvgIpc) is 2.73. The molecule has 0 saturated carbocycles. The second kappa shape index (κ2) is 5.20. The van der Waals surface area contributed by atoms with E-state index in [0.717, 1.165) is 11.1 Å². The van der Waals surface area contributed by atoms with Gasteiger partial charge in [0.1, 0.15) is 0 Å². The van der Waals surface area contributed by atoms with Crippen molar-refractivity contribution in [1.82, 2.24) is 9.62 Å². The maximum absolute atomic E-state index is 12.6. The zero-order chi connectivity index (χ0) is 14.2. The van der Waals surface area contributed by atoms with Gasteiger partial charge < -0.3 is 10.4 Å². The summed E-state index contributed by atoms with van der Waals surface area (Å²) in [4.78, 5) is 0.284. The molecule has 2 N–H and O–H groups in total. The van der Waals surface area contributed by atoms with Crippen molar-refractivity contribution in [2.75, 3.05) is 20.1 Å². The van der Waals surface area contributed by atoms with Crippen LogP contribution < -0.4 is 5.32 Å². The lowest BCUT2D eigenvalue weighted by molar-refractivity contribution is 0.136. The Balaban J connectivity index is 2.36. The molecule has 1 aromatic carbocycles. The van der Waals surface area contributed by atoms with Gasteiger partial charge in [-0.15, -0.1) is 0 Å². The third-order valence-electron chi connectivity index (χ3n) is 3.49. The number of β-amino-alcohol motifs (C(OH)–C–C–N with tert-alkyl or cyclic N) is 1. The van der Waals surface area contributed by atoms with E-state index in [2.05, 4.69) is 5.32 Å². The number of benzene rings is 1. The minimum atomic E-state index is -3.57. The van der Waals surface area contributed by atoms with Crippen molar-refractivity contribution in [1.29, 1.82) is 0 Å². The standard InChI is InChI=1S/C13H20N2O3S/c1-9-4-10(2)6-11(5-9)19(17,18)15(3)12-7-14-8-13(12)16/h4-6,12-14,16H,7-8H2,1-3H3/t12-,13-/m0/s1. The van der Waals surface area contributed by atoms with Crippen molar-refractivity contribution in [2.45, 2.75) is 30.9 Å². The van der Waals surface area contributed by atoms with E-state index in [4.69, 9.17) is 0 Å². The molecule has 0 aliphatic carbocycles. The van der Waals surface area contributed by atoms with Crippen LogP contribution in [-0.4, -0.2) is 50.1 Å². The zero-order valence-electron chi connectivity index (χ0n) is 11.4.